The Kier molecular flexibility index (Phi) is 5.16. The summed E-state index contributed by atoms with van der Waals surface area (Å²) in [5.41, 5.74) is -1.15. The summed E-state index contributed by atoms with van der Waals surface area (Å²) in [6, 6.07) is 1.27. The molecule has 1 aromatic carbocycles. The number of barbiturate groups is 1. The first-order valence-corrected chi connectivity index (χ1v) is 12.6. The number of nitrogens with one attached hydrogen (secondary N) is 2. The van der Waals surface area contributed by atoms with Crippen LogP contribution in [-0.2, 0) is 25.5 Å². The maximum atomic E-state index is 16.4. The van der Waals surface area contributed by atoms with Crippen LogP contribution < -0.4 is 20.4 Å². The average Bonchev–Trinajstić information content (AvgIpc) is 3.54. The zero-order chi connectivity index (χ0) is 27.1. The fourth-order valence-corrected chi connectivity index (χ4v) is 6.49. The second kappa shape index (κ2) is 8.41. The molecule has 6 heterocycles. The standard InChI is InChI=1S/C25H24FN7O6/c1-11-8-32-17-13(7-25(19(32)12(2)38-11)22(34)29-24(36)30-23(25)35)6-14-18(16(17)26)39-31-21(14)33-10-37-9-15(33)20-27-4-3-5-28-20/h3-6,11-12,15,19H,7-10H2,1-2H3,(H2,29,30,34,35,36)/t11-,12+,15-,19-/m1/s1. The molecular weight excluding hydrogens is 513 g/mol. The molecule has 4 aliphatic heterocycles. The van der Waals surface area contributed by atoms with Gasteiger partial charge in [-0.15, -0.1) is 0 Å². The summed E-state index contributed by atoms with van der Waals surface area (Å²) in [6.45, 7) is 4.24. The highest BCUT2D eigenvalue weighted by molar-refractivity contribution is 6.20. The largest absolute Gasteiger partial charge is 0.372 e. The summed E-state index contributed by atoms with van der Waals surface area (Å²) in [7, 11) is 0. The number of fused-ring (bicyclic) bond motifs is 5. The minimum Gasteiger partial charge on any atom is -0.372 e. The number of hydrogen-bond donors (Lipinski definition) is 2. The van der Waals surface area contributed by atoms with Crippen LogP contribution in [0.1, 0.15) is 31.3 Å². The molecule has 7 rings (SSSR count). The lowest BCUT2D eigenvalue weighted by molar-refractivity contribution is -0.153. The van der Waals surface area contributed by atoms with Crippen molar-refractivity contribution in [1.82, 2.24) is 25.8 Å². The van der Waals surface area contributed by atoms with E-state index in [1.807, 2.05) is 6.92 Å². The molecule has 0 radical (unpaired) electrons. The van der Waals surface area contributed by atoms with Gasteiger partial charge in [0.05, 0.1) is 35.9 Å². The van der Waals surface area contributed by atoms with Gasteiger partial charge in [-0.3, -0.25) is 20.2 Å². The van der Waals surface area contributed by atoms with Gasteiger partial charge in [-0.1, -0.05) is 5.16 Å². The van der Waals surface area contributed by atoms with Crippen LogP contribution in [0.3, 0.4) is 0 Å². The monoisotopic (exact) mass is 537 g/mol. The molecule has 1 spiro atoms. The number of rotatable bonds is 2. The minimum absolute atomic E-state index is 0.0578. The van der Waals surface area contributed by atoms with Crippen LogP contribution in [0.25, 0.3) is 11.0 Å². The number of carbonyl (C=O) groups excluding carboxylic acids is 3. The number of nitrogens with zero attached hydrogens (tertiary/aromatic N) is 5. The van der Waals surface area contributed by atoms with Crippen LogP contribution in [0.5, 0.6) is 0 Å². The van der Waals surface area contributed by atoms with Crippen molar-refractivity contribution in [3.05, 3.63) is 41.7 Å². The highest BCUT2D eigenvalue weighted by atomic mass is 19.1. The lowest BCUT2D eigenvalue weighted by atomic mass is 9.66. The number of urea groups is 1. The van der Waals surface area contributed by atoms with E-state index in [1.165, 1.54) is 0 Å². The van der Waals surface area contributed by atoms with Crippen molar-refractivity contribution in [2.75, 3.05) is 29.7 Å². The van der Waals surface area contributed by atoms with E-state index in [0.29, 0.717) is 29.2 Å². The van der Waals surface area contributed by atoms with Gasteiger partial charge in [0.2, 0.25) is 17.4 Å². The summed E-state index contributed by atoms with van der Waals surface area (Å²) in [4.78, 5) is 50.9. The van der Waals surface area contributed by atoms with Crippen molar-refractivity contribution in [2.45, 2.75) is 44.6 Å². The van der Waals surface area contributed by atoms with Gasteiger partial charge >= 0.3 is 6.03 Å². The number of ether oxygens (including phenoxy) is 2. The lowest BCUT2D eigenvalue weighted by Gasteiger charge is -2.55. The predicted molar refractivity (Wildman–Crippen MR) is 131 cm³/mol. The fourth-order valence-electron chi connectivity index (χ4n) is 6.49. The van der Waals surface area contributed by atoms with Crippen molar-refractivity contribution in [2.24, 2.45) is 5.41 Å². The molecule has 39 heavy (non-hydrogen) atoms. The maximum Gasteiger partial charge on any atom is 0.328 e. The number of benzene rings is 1. The Labute approximate surface area is 220 Å². The van der Waals surface area contributed by atoms with Gasteiger partial charge in [-0.25, -0.2) is 19.2 Å². The van der Waals surface area contributed by atoms with Gasteiger partial charge in [0.25, 0.3) is 0 Å². The number of carbonyl (C=O) groups is 3. The van der Waals surface area contributed by atoms with E-state index in [9.17, 15) is 14.4 Å². The van der Waals surface area contributed by atoms with Crippen LogP contribution in [0.2, 0.25) is 0 Å². The van der Waals surface area contributed by atoms with E-state index in [1.54, 1.807) is 41.2 Å². The van der Waals surface area contributed by atoms with Gasteiger partial charge in [0.15, 0.2) is 22.9 Å². The average molecular weight is 538 g/mol. The van der Waals surface area contributed by atoms with Crippen LogP contribution in [-0.4, -0.2) is 71.1 Å². The zero-order valence-electron chi connectivity index (χ0n) is 21.0. The Bertz CT molecular complexity index is 1510. The molecule has 14 heteroatoms. The summed E-state index contributed by atoms with van der Waals surface area (Å²) < 4.78 is 33.6. The summed E-state index contributed by atoms with van der Waals surface area (Å²) >= 11 is 0. The molecule has 3 saturated heterocycles. The SMILES string of the molecule is C[C@@H]1CN2c3c(cc4c(N5COC[C@@H]5c5ncccn5)noc4c3F)CC3(C(=O)NC(=O)NC3=O)[C@H]2[C@H](C)O1. The van der Waals surface area contributed by atoms with Gasteiger partial charge in [-0.05, 0) is 31.5 Å². The molecule has 0 bridgehead atoms. The molecule has 2 N–H and O–H groups in total. The van der Waals surface area contributed by atoms with Crippen molar-refractivity contribution in [3.8, 4) is 0 Å². The first kappa shape index (κ1) is 23.9. The Morgan fingerprint density at radius 1 is 1.10 bits per heavy atom. The zero-order valence-corrected chi connectivity index (χ0v) is 21.0. The van der Waals surface area contributed by atoms with Crippen molar-refractivity contribution >= 4 is 40.3 Å². The highest BCUT2D eigenvalue weighted by Crippen LogP contribution is 2.50. The third-order valence-corrected chi connectivity index (χ3v) is 7.98. The molecule has 202 valence electrons. The van der Waals surface area contributed by atoms with Crippen molar-refractivity contribution in [1.29, 1.82) is 0 Å². The minimum atomic E-state index is -1.73. The molecule has 4 amide bonds. The number of imide groups is 2. The Hall–Kier alpha value is -4.17. The van der Waals surface area contributed by atoms with E-state index < -0.39 is 41.2 Å². The number of amides is 4. The third kappa shape index (κ3) is 3.31. The van der Waals surface area contributed by atoms with Gasteiger partial charge in [0, 0.05) is 25.4 Å². The number of halogens is 1. The molecule has 0 aliphatic carbocycles. The smallest absolute Gasteiger partial charge is 0.328 e. The molecule has 4 aliphatic rings. The molecule has 4 atom stereocenters. The number of anilines is 2. The molecular formula is C25H24FN7O6. The van der Waals surface area contributed by atoms with Crippen molar-refractivity contribution in [3.63, 3.8) is 0 Å². The molecule has 3 aromatic rings. The van der Waals surface area contributed by atoms with E-state index >= 15 is 4.39 Å². The Morgan fingerprint density at radius 3 is 2.59 bits per heavy atom. The Balaban J connectivity index is 1.40. The second-order valence-electron chi connectivity index (χ2n) is 10.3. The van der Waals surface area contributed by atoms with Crippen LogP contribution in [0.4, 0.5) is 20.7 Å². The number of hydrogen-bond acceptors (Lipinski definition) is 11. The quantitative estimate of drug-likeness (QED) is 0.453. The first-order chi connectivity index (χ1) is 18.8. The van der Waals surface area contributed by atoms with E-state index in [2.05, 4.69) is 25.8 Å². The summed E-state index contributed by atoms with van der Waals surface area (Å²) in [5.74, 6) is -1.30. The Morgan fingerprint density at radius 2 is 1.85 bits per heavy atom. The van der Waals surface area contributed by atoms with Crippen LogP contribution in [0.15, 0.2) is 29.0 Å². The fraction of sp³-hybridized carbons (Fsp3) is 0.440. The van der Waals surface area contributed by atoms with Gasteiger partial charge in [0.1, 0.15) is 12.8 Å². The lowest BCUT2D eigenvalue weighted by Crippen LogP contribution is -2.75. The van der Waals surface area contributed by atoms with Crippen molar-refractivity contribution < 1.29 is 32.8 Å². The second-order valence-corrected chi connectivity index (χ2v) is 10.3. The van der Waals surface area contributed by atoms with Crippen LogP contribution in [0, 0.1) is 11.2 Å². The predicted octanol–water partition coefficient (Wildman–Crippen LogP) is 1.18. The number of morpholine rings is 1. The van der Waals surface area contributed by atoms with Crippen LogP contribution >= 0.6 is 0 Å². The highest BCUT2D eigenvalue weighted by Gasteiger charge is 2.63. The number of aromatic nitrogens is 3. The van der Waals surface area contributed by atoms with E-state index in [4.69, 9.17) is 14.0 Å². The van der Waals surface area contributed by atoms with E-state index in [0.717, 1.165) is 0 Å². The molecule has 13 nitrogen and oxygen atoms in total. The summed E-state index contributed by atoms with van der Waals surface area (Å²) in [5, 5.41) is 9.02. The molecule has 0 saturated carbocycles. The maximum absolute atomic E-state index is 16.4. The topological polar surface area (TPSA) is 152 Å². The van der Waals surface area contributed by atoms with Gasteiger partial charge in [-0.2, -0.15) is 0 Å². The van der Waals surface area contributed by atoms with E-state index in [-0.39, 0.29) is 43.1 Å². The third-order valence-electron chi connectivity index (χ3n) is 7.98. The summed E-state index contributed by atoms with van der Waals surface area (Å²) in [6.07, 6.45) is 2.15. The molecule has 3 fully saturated rings. The van der Waals surface area contributed by atoms with Gasteiger partial charge < -0.3 is 23.8 Å². The first-order valence-electron chi connectivity index (χ1n) is 12.6. The molecule has 0 unspecified atom stereocenters. The normalized spacial score (nSPS) is 27.9. The molecule has 2 aromatic heterocycles.